The molecule has 6 nitrogen and oxygen atoms in total. The Balaban J connectivity index is 1.77. The lowest BCUT2D eigenvalue weighted by Crippen LogP contribution is -2.33. The SMILES string of the molecule is CC(C)CNC(=O)COc1cc2c(c3oc(=O)c4c(c13)CCC4)CCC(C)(C)O2. The zero-order valence-corrected chi connectivity index (χ0v) is 17.6. The van der Waals surface area contributed by atoms with Crippen molar-refractivity contribution in [2.75, 3.05) is 13.2 Å². The van der Waals surface area contributed by atoms with Gasteiger partial charge in [0.15, 0.2) is 6.61 Å². The normalized spacial score (nSPS) is 17.0. The molecule has 29 heavy (non-hydrogen) atoms. The summed E-state index contributed by atoms with van der Waals surface area (Å²) in [5, 5.41) is 3.70. The third-order valence-corrected chi connectivity index (χ3v) is 5.70. The minimum absolute atomic E-state index is 0.0854. The summed E-state index contributed by atoms with van der Waals surface area (Å²) in [7, 11) is 0. The summed E-state index contributed by atoms with van der Waals surface area (Å²) in [6.45, 7) is 8.69. The Morgan fingerprint density at radius 2 is 1.97 bits per heavy atom. The van der Waals surface area contributed by atoms with Gasteiger partial charge in [0, 0.05) is 23.7 Å². The van der Waals surface area contributed by atoms with Gasteiger partial charge in [0.1, 0.15) is 22.7 Å². The van der Waals surface area contributed by atoms with Crippen molar-refractivity contribution >= 4 is 16.9 Å². The Bertz CT molecular complexity index is 1020. The average molecular weight is 399 g/mol. The van der Waals surface area contributed by atoms with E-state index >= 15 is 0 Å². The second-order valence-corrected chi connectivity index (χ2v) is 9.10. The third-order valence-electron chi connectivity index (χ3n) is 5.70. The molecule has 1 aromatic carbocycles. The first kappa shape index (κ1) is 19.8. The van der Waals surface area contributed by atoms with Gasteiger partial charge in [-0.3, -0.25) is 4.79 Å². The van der Waals surface area contributed by atoms with Gasteiger partial charge in [0.2, 0.25) is 0 Å². The van der Waals surface area contributed by atoms with Gasteiger partial charge in [0.05, 0.1) is 5.39 Å². The third kappa shape index (κ3) is 3.85. The molecule has 0 fully saturated rings. The number of nitrogens with one attached hydrogen (secondary N) is 1. The van der Waals surface area contributed by atoms with Crippen molar-refractivity contribution in [3.05, 3.63) is 33.2 Å². The molecule has 0 saturated carbocycles. The Kier molecular flexibility index (Phi) is 5.05. The van der Waals surface area contributed by atoms with E-state index < -0.39 is 0 Å². The number of carbonyl (C=O) groups is 1. The standard InChI is InChI=1S/C23H29NO5/c1-13(2)11-24-19(25)12-27-18-10-17-16(8-9-23(3,4)29-17)21-20(18)14-6-5-7-15(14)22(26)28-21/h10,13H,5-9,11-12H2,1-4H3,(H,24,25). The first-order valence-electron chi connectivity index (χ1n) is 10.5. The molecule has 1 N–H and O–H groups in total. The van der Waals surface area contributed by atoms with E-state index in [1.165, 1.54) is 0 Å². The maximum atomic E-state index is 12.6. The van der Waals surface area contributed by atoms with Crippen LogP contribution < -0.4 is 20.4 Å². The molecule has 4 rings (SSSR count). The quantitative estimate of drug-likeness (QED) is 0.778. The fraction of sp³-hybridized carbons (Fsp3) is 0.565. The monoisotopic (exact) mass is 399 g/mol. The Morgan fingerprint density at radius 1 is 1.21 bits per heavy atom. The highest BCUT2D eigenvalue weighted by Crippen LogP contribution is 2.44. The molecule has 1 aromatic heterocycles. The summed E-state index contributed by atoms with van der Waals surface area (Å²) in [5.41, 5.74) is 2.65. The maximum Gasteiger partial charge on any atom is 0.339 e. The molecule has 6 heteroatoms. The molecule has 2 aliphatic rings. The maximum absolute atomic E-state index is 12.6. The second kappa shape index (κ2) is 7.39. The van der Waals surface area contributed by atoms with Gasteiger partial charge in [-0.25, -0.2) is 4.79 Å². The number of aryl methyl sites for hydroxylation is 2. The van der Waals surface area contributed by atoms with Gasteiger partial charge in [0.25, 0.3) is 5.91 Å². The molecule has 0 bridgehead atoms. The van der Waals surface area contributed by atoms with Gasteiger partial charge in [-0.1, -0.05) is 13.8 Å². The summed E-state index contributed by atoms with van der Waals surface area (Å²) in [6.07, 6.45) is 4.08. The Labute approximate surface area is 170 Å². The van der Waals surface area contributed by atoms with E-state index in [0.717, 1.165) is 54.2 Å². The molecule has 0 radical (unpaired) electrons. The number of amides is 1. The van der Waals surface area contributed by atoms with Gasteiger partial charge in [-0.15, -0.1) is 0 Å². The number of rotatable bonds is 5. The number of hydrogen-bond donors (Lipinski definition) is 1. The zero-order chi connectivity index (χ0) is 20.8. The topological polar surface area (TPSA) is 77.8 Å². The fourth-order valence-electron chi connectivity index (χ4n) is 4.18. The molecular weight excluding hydrogens is 370 g/mol. The first-order chi connectivity index (χ1) is 13.7. The van der Waals surface area contributed by atoms with Gasteiger partial charge >= 0.3 is 5.63 Å². The van der Waals surface area contributed by atoms with Crippen molar-refractivity contribution in [1.82, 2.24) is 5.32 Å². The van der Waals surface area contributed by atoms with Crippen LogP contribution in [0.15, 0.2) is 15.3 Å². The van der Waals surface area contributed by atoms with Crippen molar-refractivity contribution in [2.45, 2.75) is 65.4 Å². The van der Waals surface area contributed by atoms with Crippen LogP contribution in [-0.2, 0) is 24.1 Å². The van der Waals surface area contributed by atoms with Crippen molar-refractivity contribution in [2.24, 2.45) is 5.92 Å². The molecule has 1 aliphatic carbocycles. The van der Waals surface area contributed by atoms with Crippen LogP contribution in [-0.4, -0.2) is 24.7 Å². The lowest BCUT2D eigenvalue weighted by molar-refractivity contribution is -0.123. The summed E-state index contributed by atoms with van der Waals surface area (Å²) >= 11 is 0. The molecular formula is C23H29NO5. The van der Waals surface area contributed by atoms with Crippen molar-refractivity contribution in [3.63, 3.8) is 0 Å². The largest absolute Gasteiger partial charge is 0.487 e. The number of benzene rings is 1. The summed E-state index contributed by atoms with van der Waals surface area (Å²) in [5.74, 6) is 1.43. The summed E-state index contributed by atoms with van der Waals surface area (Å²) in [4.78, 5) is 24.7. The highest BCUT2D eigenvalue weighted by molar-refractivity contribution is 5.93. The van der Waals surface area contributed by atoms with Crippen molar-refractivity contribution in [1.29, 1.82) is 0 Å². The van der Waals surface area contributed by atoms with Crippen molar-refractivity contribution in [3.8, 4) is 11.5 Å². The smallest absolute Gasteiger partial charge is 0.339 e. The molecule has 0 unspecified atom stereocenters. The van der Waals surface area contributed by atoms with Crippen LogP contribution in [0.5, 0.6) is 11.5 Å². The summed E-state index contributed by atoms with van der Waals surface area (Å²) in [6, 6.07) is 1.87. The molecule has 0 spiro atoms. The Morgan fingerprint density at radius 3 is 2.72 bits per heavy atom. The van der Waals surface area contributed by atoms with Gasteiger partial charge < -0.3 is 19.2 Å². The van der Waals surface area contributed by atoms with Gasteiger partial charge in [-0.05, 0) is 57.4 Å². The van der Waals surface area contributed by atoms with Crippen molar-refractivity contribution < 1.29 is 18.7 Å². The molecule has 2 heterocycles. The van der Waals surface area contributed by atoms with E-state index in [2.05, 4.69) is 5.32 Å². The zero-order valence-electron chi connectivity index (χ0n) is 17.6. The molecule has 156 valence electrons. The minimum atomic E-state index is -0.302. The average Bonchev–Trinajstić information content (AvgIpc) is 3.13. The second-order valence-electron chi connectivity index (χ2n) is 9.10. The molecule has 2 aromatic rings. The molecule has 0 atom stereocenters. The van der Waals surface area contributed by atoms with Crippen LogP contribution >= 0.6 is 0 Å². The highest BCUT2D eigenvalue weighted by atomic mass is 16.5. The minimum Gasteiger partial charge on any atom is -0.487 e. The van der Waals surface area contributed by atoms with Crippen LogP contribution in [0.3, 0.4) is 0 Å². The van der Waals surface area contributed by atoms with E-state index in [1.54, 1.807) is 0 Å². The lowest BCUT2D eigenvalue weighted by atomic mass is 9.91. The van der Waals surface area contributed by atoms with Gasteiger partial charge in [-0.2, -0.15) is 0 Å². The molecule has 1 amide bonds. The fourth-order valence-corrected chi connectivity index (χ4v) is 4.18. The van der Waals surface area contributed by atoms with E-state index in [4.69, 9.17) is 13.9 Å². The Hall–Kier alpha value is -2.50. The van der Waals surface area contributed by atoms with E-state index in [1.807, 2.05) is 33.8 Å². The first-order valence-corrected chi connectivity index (χ1v) is 10.5. The number of ether oxygens (including phenoxy) is 2. The number of fused-ring (bicyclic) bond motifs is 5. The summed E-state index contributed by atoms with van der Waals surface area (Å²) < 4.78 is 17.9. The molecule has 0 saturated heterocycles. The van der Waals surface area contributed by atoms with E-state index in [9.17, 15) is 9.59 Å². The number of hydrogen-bond acceptors (Lipinski definition) is 5. The number of carbonyl (C=O) groups excluding carboxylic acids is 1. The van der Waals surface area contributed by atoms with E-state index in [0.29, 0.717) is 29.5 Å². The van der Waals surface area contributed by atoms with Crippen LogP contribution in [0.25, 0.3) is 11.0 Å². The van der Waals surface area contributed by atoms with Crippen LogP contribution in [0.4, 0.5) is 0 Å². The van der Waals surface area contributed by atoms with Crippen LogP contribution in [0.2, 0.25) is 0 Å². The highest BCUT2D eigenvalue weighted by Gasteiger charge is 2.32. The van der Waals surface area contributed by atoms with Crippen LogP contribution in [0, 0.1) is 5.92 Å². The van der Waals surface area contributed by atoms with E-state index in [-0.39, 0.29) is 23.7 Å². The predicted octanol–water partition coefficient (Wildman–Crippen LogP) is 3.54. The van der Waals surface area contributed by atoms with Crippen LogP contribution in [0.1, 0.15) is 57.2 Å². The predicted molar refractivity (Wildman–Crippen MR) is 111 cm³/mol. The lowest BCUT2D eigenvalue weighted by Gasteiger charge is -2.33. The molecule has 1 aliphatic heterocycles.